The molecular weight excluding hydrogens is 296 g/mol. The normalized spacial score (nSPS) is 12.5. The molecule has 2 heteroatoms. The van der Waals surface area contributed by atoms with Crippen molar-refractivity contribution in [3.63, 3.8) is 0 Å². The Bertz CT molecular complexity index is 724. The van der Waals surface area contributed by atoms with Gasteiger partial charge in [-0.2, -0.15) is 0 Å². The lowest BCUT2D eigenvalue weighted by atomic mass is 9.89. The van der Waals surface area contributed by atoms with Gasteiger partial charge in [0.25, 0.3) is 0 Å². The Kier molecular flexibility index (Phi) is 6.14. The van der Waals surface area contributed by atoms with Gasteiger partial charge < -0.3 is 4.74 Å². The zero-order valence-corrected chi connectivity index (χ0v) is 14.6. The molecule has 0 saturated carbocycles. The number of carbonyl (C=O) groups excluding carboxylic acids is 1. The number of benzene rings is 2. The Hall–Kier alpha value is -2.61. The van der Waals surface area contributed by atoms with Gasteiger partial charge in [0, 0.05) is 17.9 Å². The second kappa shape index (κ2) is 8.30. The molecule has 0 aliphatic heterocycles. The van der Waals surface area contributed by atoms with Gasteiger partial charge in [-0.25, -0.2) is 0 Å². The van der Waals surface area contributed by atoms with Crippen LogP contribution in [0.15, 0.2) is 78.4 Å². The van der Waals surface area contributed by atoms with Crippen LogP contribution in [-0.4, -0.2) is 12.9 Å². The topological polar surface area (TPSA) is 26.3 Å². The highest BCUT2D eigenvalue weighted by Gasteiger charge is 2.16. The lowest BCUT2D eigenvalue weighted by Gasteiger charge is -2.15. The summed E-state index contributed by atoms with van der Waals surface area (Å²) >= 11 is 0. The SMILES string of the molecule is C=C(C)/C(C)=C/C(CC(=O)c1ccccc1)c1ccc(OC)cc1. The Morgan fingerprint density at radius 3 is 2.25 bits per heavy atom. The van der Waals surface area contributed by atoms with E-state index < -0.39 is 0 Å². The fourth-order valence-corrected chi connectivity index (χ4v) is 2.51. The van der Waals surface area contributed by atoms with Crippen LogP contribution >= 0.6 is 0 Å². The minimum atomic E-state index is 0.0142. The standard InChI is InChI=1S/C22H24O2/c1-16(2)17(3)14-20(18-10-12-21(24-4)13-11-18)15-22(23)19-8-6-5-7-9-19/h5-14,20H,1,15H2,2-4H3/b17-14+. The van der Waals surface area contributed by atoms with E-state index in [1.54, 1.807) is 7.11 Å². The largest absolute Gasteiger partial charge is 0.497 e. The third-order valence-electron chi connectivity index (χ3n) is 4.17. The Morgan fingerprint density at radius 1 is 1.08 bits per heavy atom. The van der Waals surface area contributed by atoms with Crippen molar-refractivity contribution in [2.75, 3.05) is 7.11 Å². The molecule has 0 heterocycles. The predicted molar refractivity (Wildman–Crippen MR) is 99.7 cm³/mol. The fourth-order valence-electron chi connectivity index (χ4n) is 2.51. The molecule has 2 aromatic carbocycles. The van der Waals surface area contributed by atoms with Crippen LogP contribution in [0.3, 0.4) is 0 Å². The first kappa shape index (κ1) is 17.7. The average Bonchev–Trinajstić information content (AvgIpc) is 2.61. The van der Waals surface area contributed by atoms with Gasteiger partial charge >= 0.3 is 0 Å². The maximum Gasteiger partial charge on any atom is 0.163 e. The summed E-state index contributed by atoms with van der Waals surface area (Å²) < 4.78 is 5.22. The highest BCUT2D eigenvalue weighted by molar-refractivity contribution is 5.96. The molecule has 0 radical (unpaired) electrons. The minimum absolute atomic E-state index is 0.0142. The molecule has 0 N–H and O–H groups in total. The Labute approximate surface area is 144 Å². The van der Waals surface area contributed by atoms with Crippen LogP contribution in [0, 0.1) is 0 Å². The molecule has 0 aromatic heterocycles. The van der Waals surface area contributed by atoms with Gasteiger partial charge in [-0.3, -0.25) is 4.79 Å². The van der Waals surface area contributed by atoms with Gasteiger partial charge in [0.05, 0.1) is 7.11 Å². The number of hydrogen-bond acceptors (Lipinski definition) is 2. The van der Waals surface area contributed by atoms with Gasteiger partial charge in [-0.15, -0.1) is 0 Å². The monoisotopic (exact) mass is 320 g/mol. The lowest BCUT2D eigenvalue weighted by molar-refractivity contribution is 0.0978. The van der Waals surface area contributed by atoms with Gasteiger partial charge in [0.1, 0.15) is 5.75 Å². The van der Waals surface area contributed by atoms with Gasteiger partial charge in [0.15, 0.2) is 5.78 Å². The summed E-state index contributed by atoms with van der Waals surface area (Å²) in [6, 6.07) is 17.3. The smallest absolute Gasteiger partial charge is 0.163 e. The second-order valence-corrected chi connectivity index (χ2v) is 6.00. The van der Waals surface area contributed by atoms with Crippen LogP contribution in [0.4, 0.5) is 0 Å². The molecular formula is C22H24O2. The Balaban J connectivity index is 2.30. The van der Waals surface area contributed by atoms with Gasteiger partial charge in [0.2, 0.25) is 0 Å². The molecule has 0 saturated heterocycles. The van der Waals surface area contributed by atoms with E-state index in [1.807, 2.05) is 68.4 Å². The molecule has 1 atom stereocenters. The van der Waals surface area contributed by atoms with Crippen molar-refractivity contribution in [2.24, 2.45) is 0 Å². The zero-order chi connectivity index (χ0) is 17.5. The molecule has 124 valence electrons. The summed E-state index contributed by atoms with van der Waals surface area (Å²) in [4.78, 5) is 12.6. The van der Waals surface area contributed by atoms with Crippen LogP contribution in [0.25, 0.3) is 0 Å². The van der Waals surface area contributed by atoms with Gasteiger partial charge in [-0.1, -0.05) is 66.3 Å². The Morgan fingerprint density at radius 2 is 1.71 bits per heavy atom. The van der Waals surface area contributed by atoms with Crippen LogP contribution in [0.1, 0.15) is 42.1 Å². The second-order valence-electron chi connectivity index (χ2n) is 6.00. The summed E-state index contributed by atoms with van der Waals surface area (Å²) in [5.74, 6) is 0.968. The number of Topliss-reactive ketones (excluding diaryl/α,β-unsaturated/α-hetero) is 1. The molecule has 24 heavy (non-hydrogen) atoms. The van der Waals surface area contributed by atoms with E-state index in [-0.39, 0.29) is 11.7 Å². The third-order valence-corrected chi connectivity index (χ3v) is 4.17. The predicted octanol–water partition coefficient (Wildman–Crippen LogP) is 5.57. The quantitative estimate of drug-likeness (QED) is 0.492. The molecule has 0 bridgehead atoms. The average molecular weight is 320 g/mol. The van der Waals surface area contributed by atoms with Crippen molar-refractivity contribution in [3.8, 4) is 5.75 Å². The number of hydrogen-bond donors (Lipinski definition) is 0. The molecule has 0 aliphatic rings. The molecule has 0 amide bonds. The van der Waals surface area contributed by atoms with Crippen LogP contribution in [0.2, 0.25) is 0 Å². The van der Waals surface area contributed by atoms with E-state index in [9.17, 15) is 4.79 Å². The number of carbonyl (C=O) groups is 1. The molecule has 2 aromatic rings. The van der Waals surface area contributed by atoms with Crippen molar-refractivity contribution in [3.05, 3.63) is 89.5 Å². The summed E-state index contributed by atoms with van der Waals surface area (Å²) in [5, 5.41) is 0. The van der Waals surface area contributed by atoms with E-state index in [2.05, 4.69) is 12.7 Å². The minimum Gasteiger partial charge on any atom is -0.497 e. The highest BCUT2D eigenvalue weighted by Crippen LogP contribution is 2.27. The number of ether oxygens (including phenoxy) is 1. The van der Waals surface area contributed by atoms with Crippen molar-refractivity contribution < 1.29 is 9.53 Å². The number of rotatable bonds is 7. The first-order chi connectivity index (χ1) is 11.5. The van der Waals surface area contributed by atoms with E-state index in [1.165, 1.54) is 0 Å². The third kappa shape index (κ3) is 4.69. The maximum absolute atomic E-state index is 12.6. The van der Waals surface area contributed by atoms with E-state index >= 15 is 0 Å². The van der Waals surface area contributed by atoms with Crippen LogP contribution in [0.5, 0.6) is 5.75 Å². The number of ketones is 1. The molecule has 0 aliphatic carbocycles. The molecule has 1 unspecified atom stereocenters. The molecule has 0 spiro atoms. The van der Waals surface area contributed by atoms with Gasteiger partial charge in [-0.05, 0) is 31.5 Å². The van der Waals surface area contributed by atoms with Crippen molar-refractivity contribution >= 4 is 5.78 Å². The highest BCUT2D eigenvalue weighted by atomic mass is 16.5. The summed E-state index contributed by atoms with van der Waals surface area (Å²) in [5.41, 5.74) is 3.97. The molecule has 2 nitrogen and oxygen atoms in total. The van der Waals surface area contributed by atoms with E-state index in [0.29, 0.717) is 6.42 Å². The summed E-state index contributed by atoms with van der Waals surface area (Å²) in [6.45, 7) is 8.01. The maximum atomic E-state index is 12.6. The van der Waals surface area contributed by atoms with Crippen LogP contribution < -0.4 is 4.74 Å². The first-order valence-corrected chi connectivity index (χ1v) is 8.07. The van der Waals surface area contributed by atoms with E-state index in [4.69, 9.17) is 4.74 Å². The van der Waals surface area contributed by atoms with E-state index in [0.717, 1.165) is 28.0 Å². The number of allylic oxidation sites excluding steroid dienone is 3. The molecule has 2 rings (SSSR count). The first-order valence-electron chi connectivity index (χ1n) is 8.07. The zero-order valence-electron chi connectivity index (χ0n) is 14.6. The summed E-state index contributed by atoms with van der Waals surface area (Å²) in [7, 11) is 1.65. The van der Waals surface area contributed by atoms with Crippen molar-refractivity contribution in [1.82, 2.24) is 0 Å². The molecule has 0 fully saturated rings. The van der Waals surface area contributed by atoms with Crippen LogP contribution in [-0.2, 0) is 0 Å². The lowest BCUT2D eigenvalue weighted by Crippen LogP contribution is -2.07. The van der Waals surface area contributed by atoms with Crippen molar-refractivity contribution in [1.29, 1.82) is 0 Å². The number of methoxy groups -OCH3 is 1. The fraction of sp³-hybridized carbons (Fsp3) is 0.227. The summed E-state index contributed by atoms with van der Waals surface area (Å²) in [6.07, 6.45) is 2.56. The van der Waals surface area contributed by atoms with Crippen molar-refractivity contribution in [2.45, 2.75) is 26.2 Å².